The second-order valence-corrected chi connectivity index (χ2v) is 7.53. The van der Waals surface area contributed by atoms with Gasteiger partial charge in [0.15, 0.2) is 0 Å². The van der Waals surface area contributed by atoms with E-state index in [9.17, 15) is 0 Å². The molecule has 26 heavy (non-hydrogen) atoms. The third-order valence-electron chi connectivity index (χ3n) is 5.75. The van der Waals surface area contributed by atoms with Crippen LogP contribution in [0.25, 0.3) is 10.9 Å². The van der Waals surface area contributed by atoms with E-state index in [1.54, 1.807) is 0 Å². The van der Waals surface area contributed by atoms with E-state index in [4.69, 9.17) is 9.97 Å². The highest BCUT2D eigenvalue weighted by molar-refractivity contribution is 5.90. The molecule has 0 radical (unpaired) electrons. The molecule has 1 N–H and O–H groups in total. The van der Waals surface area contributed by atoms with Crippen molar-refractivity contribution in [2.45, 2.75) is 25.8 Å². The van der Waals surface area contributed by atoms with Crippen LogP contribution in [-0.2, 0) is 0 Å². The highest BCUT2D eigenvalue weighted by atomic mass is 15.3. The standard InChI is InChI=1S/C20H30N6/c1-3-25-10-8-16(9-11-25)21-19-17-6-4-5-7-18(17)22-20(23-19)26-14-12-24(2)13-15-26/h4-7,16H,3,8-15H2,1-2H3,(H,21,22,23). The Labute approximate surface area is 156 Å². The van der Waals surface area contributed by atoms with Crippen LogP contribution in [0.5, 0.6) is 0 Å². The number of hydrogen-bond acceptors (Lipinski definition) is 6. The average molecular weight is 355 g/mol. The van der Waals surface area contributed by atoms with Crippen molar-refractivity contribution in [3.05, 3.63) is 24.3 Å². The third-order valence-corrected chi connectivity index (χ3v) is 5.75. The van der Waals surface area contributed by atoms with Crippen LogP contribution in [0.15, 0.2) is 24.3 Å². The van der Waals surface area contributed by atoms with Crippen molar-refractivity contribution in [3.63, 3.8) is 0 Å². The third kappa shape index (κ3) is 3.76. The maximum atomic E-state index is 4.95. The topological polar surface area (TPSA) is 47.5 Å². The van der Waals surface area contributed by atoms with Gasteiger partial charge in [-0.1, -0.05) is 19.1 Å². The number of hydrogen-bond donors (Lipinski definition) is 1. The number of para-hydroxylation sites is 1. The highest BCUT2D eigenvalue weighted by Crippen LogP contribution is 2.26. The summed E-state index contributed by atoms with van der Waals surface area (Å²) in [5, 5.41) is 4.87. The van der Waals surface area contributed by atoms with Crippen LogP contribution in [0.3, 0.4) is 0 Å². The van der Waals surface area contributed by atoms with E-state index in [0.717, 1.165) is 55.4 Å². The number of anilines is 2. The minimum atomic E-state index is 0.497. The lowest BCUT2D eigenvalue weighted by Gasteiger charge is -2.34. The van der Waals surface area contributed by atoms with Gasteiger partial charge in [-0.05, 0) is 38.6 Å². The fourth-order valence-electron chi connectivity index (χ4n) is 3.91. The molecule has 0 saturated carbocycles. The van der Waals surface area contributed by atoms with Crippen molar-refractivity contribution < 1.29 is 0 Å². The summed E-state index contributed by atoms with van der Waals surface area (Å²) in [6.45, 7) is 9.84. The quantitative estimate of drug-likeness (QED) is 0.909. The molecule has 0 aliphatic carbocycles. The van der Waals surface area contributed by atoms with E-state index < -0.39 is 0 Å². The Hall–Kier alpha value is -1.92. The summed E-state index contributed by atoms with van der Waals surface area (Å²) in [6, 6.07) is 8.86. The summed E-state index contributed by atoms with van der Waals surface area (Å²) in [7, 11) is 2.17. The second-order valence-electron chi connectivity index (χ2n) is 7.53. The maximum absolute atomic E-state index is 4.95. The van der Waals surface area contributed by atoms with Crippen LogP contribution in [0.2, 0.25) is 0 Å². The van der Waals surface area contributed by atoms with Gasteiger partial charge in [0.25, 0.3) is 0 Å². The number of nitrogens with one attached hydrogen (secondary N) is 1. The van der Waals surface area contributed by atoms with E-state index in [1.165, 1.54) is 25.9 Å². The fourth-order valence-corrected chi connectivity index (χ4v) is 3.91. The molecule has 2 aliphatic heterocycles. The second kappa shape index (κ2) is 7.76. The number of piperidine rings is 1. The number of fused-ring (bicyclic) bond motifs is 1. The molecule has 0 unspecified atom stereocenters. The van der Waals surface area contributed by atoms with Crippen LogP contribution in [0.1, 0.15) is 19.8 Å². The molecule has 3 heterocycles. The van der Waals surface area contributed by atoms with Crippen LogP contribution < -0.4 is 10.2 Å². The molecule has 2 fully saturated rings. The Bertz CT molecular complexity index is 732. The van der Waals surface area contributed by atoms with Crippen molar-refractivity contribution in [2.24, 2.45) is 0 Å². The molecule has 6 nitrogen and oxygen atoms in total. The Morgan fingerprint density at radius 1 is 1.00 bits per heavy atom. The van der Waals surface area contributed by atoms with Gasteiger partial charge in [-0.2, -0.15) is 4.98 Å². The van der Waals surface area contributed by atoms with Crippen molar-refractivity contribution >= 4 is 22.7 Å². The zero-order valence-corrected chi connectivity index (χ0v) is 16.0. The number of rotatable bonds is 4. The lowest BCUT2D eigenvalue weighted by Crippen LogP contribution is -2.45. The number of likely N-dealkylation sites (N-methyl/N-ethyl adjacent to an activating group) is 1. The number of piperazine rings is 1. The fraction of sp³-hybridized carbons (Fsp3) is 0.600. The van der Waals surface area contributed by atoms with Crippen LogP contribution in [-0.4, -0.2) is 78.7 Å². The summed E-state index contributed by atoms with van der Waals surface area (Å²) in [4.78, 5) is 17.0. The SMILES string of the molecule is CCN1CCC(Nc2nc(N3CCN(C)CC3)nc3ccccc23)CC1. The Kier molecular flexibility index (Phi) is 5.22. The Morgan fingerprint density at radius 2 is 1.73 bits per heavy atom. The van der Waals surface area contributed by atoms with Gasteiger partial charge in [0.05, 0.1) is 5.52 Å². The van der Waals surface area contributed by atoms with Gasteiger partial charge in [-0.3, -0.25) is 0 Å². The van der Waals surface area contributed by atoms with Crippen molar-refractivity contribution in [1.29, 1.82) is 0 Å². The van der Waals surface area contributed by atoms with Crippen molar-refractivity contribution in [3.8, 4) is 0 Å². The van der Waals surface area contributed by atoms with Gasteiger partial charge in [0.1, 0.15) is 5.82 Å². The maximum Gasteiger partial charge on any atom is 0.227 e. The molecular weight excluding hydrogens is 324 g/mol. The van der Waals surface area contributed by atoms with Crippen LogP contribution in [0.4, 0.5) is 11.8 Å². The normalized spacial score (nSPS) is 20.6. The minimum absolute atomic E-state index is 0.497. The molecule has 0 spiro atoms. The molecule has 2 aliphatic rings. The molecule has 0 amide bonds. The molecule has 1 aromatic carbocycles. The Balaban J connectivity index is 1.58. The largest absolute Gasteiger partial charge is 0.367 e. The van der Waals surface area contributed by atoms with Crippen LogP contribution in [0, 0.1) is 0 Å². The Morgan fingerprint density at radius 3 is 2.46 bits per heavy atom. The number of aromatic nitrogens is 2. The zero-order valence-electron chi connectivity index (χ0n) is 16.0. The number of benzene rings is 1. The summed E-state index contributed by atoms with van der Waals surface area (Å²) in [5.41, 5.74) is 1.03. The van der Waals surface area contributed by atoms with Crippen molar-refractivity contribution in [2.75, 3.05) is 63.1 Å². The van der Waals surface area contributed by atoms with Gasteiger partial charge >= 0.3 is 0 Å². The number of likely N-dealkylation sites (tertiary alicyclic amines) is 1. The monoisotopic (exact) mass is 354 g/mol. The summed E-state index contributed by atoms with van der Waals surface area (Å²) in [6.07, 6.45) is 2.35. The van der Waals surface area contributed by atoms with E-state index in [0.29, 0.717) is 6.04 Å². The lowest BCUT2D eigenvalue weighted by molar-refractivity contribution is 0.229. The molecular formula is C20H30N6. The molecule has 2 aromatic rings. The molecule has 140 valence electrons. The molecule has 0 atom stereocenters. The van der Waals surface area contributed by atoms with Gasteiger partial charge < -0.3 is 20.0 Å². The van der Waals surface area contributed by atoms with Crippen molar-refractivity contribution in [1.82, 2.24) is 19.8 Å². The minimum Gasteiger partial charge on any atom is -0.367 e. The van der Waals surface area contributed by atoms with Gasteiger partial charge in [0, 0.05) is 50.7 Å². The molecule has 2 saturated heterocycles. The molecule has 1 aromatic heterocycles. The summed E-state index contributed by atoms with van der Waals surface area (Å²) in [5.74, 6) is 1.87. The predicted octanol–water partition coefficient (Wildman–Crippen LogP) is 2.28. The molecule has 0 bridgehead atoms. The molecule has 4 rings (SSSR count). The van der Waals surface area contributed by atoms with E-state index in [-0.39, 0.29) is 0 Å². The first kappa shape index (κ1) is 17.5. The van der Waals surface area contributed by atoms with Gasteiger partial charge in [0.2, 0.25) is 5.95 Å². The van der Waals surface area contributed by atoms with E-state index >= 15 is 0 Å². The van der Waals surface area contributed by atoms with Gasteiger partial charge in [-0.15, -0.1) is 0 Å². The van der Waals surface area contributed by atoms with E-state index in [2.05, 4.69) is 58.3 Å². The first-order valence-corrected chi connectivity index (χ1v) is 9.92. The number of nitrogens with zero attached hydrogens (tertiary/aromatic N) is 5. The van der Waals surface area contributed by atoms with E-state index in [1.807, 2.05) is 0 Å². The smallest absolute Gasteiger partial charge is 0.227 e. The highest BCUT2D eigenvalue weighted by Gasteiger charge is 2.21. The predicted molar refractivity (Wildman–Crippen MR) is 108 cm³/mol. The van der Waals surface area contributed by atoms with Gasteiger partial charge in [-0.25, -0.2) is 4.98 Å². The lowest BCUT2D eigenvalue weighted by atomic mass is 10.0. The average Bonchev–Trinajstić information content (AvgIpc) is 2.69. The summed E-state index contributed by atoms with van der Waals surface area (Å²) < 4.78 is 0. The summed E-state index contributed by atoms with van der Waals surface area (Å²) >= 11 is 0. The first-order chi connectivity index (χ1) is 12.7. The zero-order chi connectivity index (χ0) is 17.9. The first-order valence-electron chi connectivity index (χ1n) is 9.92. The van der Waals surface area contributed by atoms with Crippen LogP contribution >= 0.6 is 0 Å². The molecule has 6 heteroatoms.